The Morgan fingerprint density at radius 1 is 1.29 bits per heavy atom. The number of hydrogen-bond donors (Lipinski definition) is 2. The third-order valence-corrected chi connectivity index (χ3v) is 3.52. The lowest BCUT2D eigenvalue weighted by atomic mass is 10.1. The van der Waals surface area contributed by atoms with Crippen LogP contribution in [-0.4, -0.2) is 19.7 Å². The average molecular weight is 284 g/mol. The average Bonchev–Trinajstić information content (AvgIpc) is 2.92. The second kappa shape index (κ2) is 5.36. The molecule has 108 valence electrons. The fourth-order valence-electron chi connectivity index (χ4n) is 2.47. The largest absolute Gasteiger partial charge is 0.491 e. The number of fused-ring (bicyclic) bond motifs is 1. The lowest BCUT2D eigenvalue weighted by Gasteiger charge is -2.17. The Balaban J connectivity index is 1.94. The number of para-hydroxylation sites is 2. The third-order valence-electron chi connectivity index (χ3n) is 3.52. The Labute approximate surface area is 122 Å². The Morgan fingerprint density at radius 2 is 2.10 bits per heavy atom. The molecule has 0 aliphatic carbocycles. The van der Waals surface area contributed by atoms with E-state index in [1.54, 1.807) is 18.2 Å². The highest BCUT2D eigenvalue weighted by atomic mass is 16.5. The van der Waals surface area contributed by atoms with E-state index in [-0.39, 0.29) is 6.04 Å². The van der Waals surface area contributed by atoms with Gasteiger partial charge in [-0.15, -0.1) is 0 Å². The van der Waals surface area contributed by atoms with Crippen LogP contribution in [0, 0.1) is 0 Å². The number of benzene rings is 2. The van der Waals surface area contributed by atoms with Crippen molar-refractivity contribution in [2.75, 3.05) is 24.8 Å². The molecule has 1 atom stereocenters. The summed E-state index contributed by atoms with van der Waals surface area (Å²) in [5.41, 5.74) is 8.55. The predicted molar refractivity (Wildman–Crippen MR) is 80.5 cm³/mol. The summed E-state index contributed by atoms with van der Waals surface area (Å²) < 4.78 is 10.4. The summed E-state index contributed by atoms with van der Waals surface area (Å²) in [4.78, 5) is 11.9. The Kier molecular flexibility index (Phi) is 3.39. The maximum atomic E-state index is 11.9. The topological polar surface area (TPSA) is 73.6 Å². The molecular formula is C16H16N2O3. The number of carbonyl (C=O) groups excluding carboxylic acids is 1. The summed E-state index contributed by atoms with van der Waals surface area (Å²) in [6, 6.07) is 12.9. The van der Waals surface area contributed by atoms with Crippen LogP contribution >= 0.6 is 0 Å². The fraction of sp³-hybridized carbons (Fsp3) is 0.188. The van der Waals surface area contributed by atoms with Crippen LogP contribution in [-0.2, 0) is 4.74 Å². The van der Waals surface area contributed by atoms with Crippen molar-refractivity contribution in [3.8, 4) is 5.75 Å². The predicted octanol–water partition coefficient (Wildman–Crippen LogP) is 2.60. The molecule has 1 unspecified atom stereocenters. The van der Waals surface area contributed by atoms with Gasteiger partial charge in [-0.25, -0.2) is 4.79 Å². The third kappa shape index (κ3) is 2.38. The SMILES string of the molecule is COC(=O)c1cccc(N)c1NC1COc2ccccc21. The molecule has 3 rings (SSSR count). The highest BCUT2D eigenvalue weighted by Crippen LogP contribution is 2.36. The maximum absolute atomic E-state index is 11.9. The summed E-state index contributed by atoms with van der Waals surface area (Å²) in [5, 5.41) is 3.30. The molecule has 1 aliphatic rings. The minimum Gasteiger partial charge on any atom is -0.491 e. The van der Waals surface area contributed by atoms with Gasteiger partial charge in [-0.2, -0.15) is 0 Å². The van der Waals surface area contributed by atoms with E-state index in [4.69, 9.17) is 15.2 Å². The van der Waals surface area contributed by atoms with Gasteiger partial charge in [-0.1, -0.05) is 24.3 Å². The van der Waals surface area contributed by atoms with Crippen molar-refractivity contribution in [3.05, 3.63) is 53.6 Å². The second-order valence-electron chi connectivity index (χ2n) is 4.81. The van der Waals surface area contributed by atoms with Crippen molar-refractivity contribution in [2.45, 2.75) is 6.04 Å². The first-order valence-electron chi connectivity index (χ1n) is 6.65. The number of methoxy groups -OCH3 is 1. The van der Waals surface area contributed by atoms with Crippen LogP contribution in [0.25, 0.3) is 0 Å². The number of carbonyl (C=O) groups is 1. The first-order chi connectivity index (χ1) is 10.2. The molecule has 0 fully saturated rings. The van der Waals surface area contributed by atoms with E-state index in [2.05, 4.69) is 5.32 Å². The molecule has 3 N–H and O–H groups in total. The zero-order chi connectivity index (χ0) is 14.8. The lowest BCUT2D eigenvalue weighted by molar-refractivity contribution is 0.0602. The number of esters is 1. The van der Waals surface area contributed by atoms with Crippen molar-refractivity contribution in [2.24, 2.45) is 0 Å². The first kappa shape index (κ1) is 13.3. The van der Waals surface area contributed by atoms with E-state index in [9.17, 15) is 4.79 Å². The van der Waals surface area contributed by atoms with Crippen LogP contribution in [0.2, 0.25) is 0 Å². The van der Waals surface area contributed by atoms with E-state index >= 15 is 0 Å². The molecule has 0 radical (unpaired) electrons. The molecular weight excluding hydrogens is 268 g/mol. The molecule has 1 aliphatic heterocycles. The first-order valence-corrected chi connectivity index (χ1v) is 6.65. The van der Waals surface area contributed by atoms with E-state index in [1.807, 2.05) is 24.3 Å². The van der Waals surface area contributed by atoms with Gasteiger partial charge in [-0.05, 0) is 18.2 Å². The van der Waals surface area contributed by atoms with Gasteiger partial charge < -0.3 is 20.5 Å². The summed E-state index contributed by atoms with van der Waals surface area (Å²) in [6.07, 6.45) is 0. The molecule has 0 saturated heterocycles. The molecule has 2 aromatic rings. The van der Waals surface area contributed by atoms with E-state index in [0.29, 0.717) is 23.5 Å². The molecule has 0 saturated carbocycles. The van der Waals surface area contributed by atoms with Crippen LogP contribution < -0.4 is 15.8 Å². The van der Waals surface area contributed by atoms with Crippen molar-refractivity contribution in [1.82, 2.24) is 0 Å². The number of rotatable bonds is 3. The van der Waals surface area contributed by atoms with Gasteiger partial charge in [0.05, 0.1) is 30.1 Å². The summed E-state index contributed by atoms with van der Waals surface area (Å²) >= 11 is 0. The summed E-state index contributed by atoms with van der Waals surface area (Å²) in [7, 11) is 1.35. The number of nitrogens with one attached hydrogen (secondary N) is 1. The second-order valence-corrected chi connectivity index (χ2v) is 4.81. The monoisotopic (exact) mass is 284 g/mol. The minimum absolute atomic E-state index is 0.0469. The van der Waals surface area contributed by atoms with Gasteiger partial charge in [0.2, 0.25) is 0 Å². The lowest BCUT2D eigenvalue weighted by Crippen LogP contribution is -2.16. The summed E-state index contributed by atoms with van der Waals surface area (Å²) in [6.45, 7) is 0.494. The van der Waals surface area contributed by atoms with Crippen molar-refractivity contribution >= 4 is 17.3 Å². The quantitative estimate of drug-likeness (QED) is 0.669. The summed E-state index contributed by atoms with van der Waals surface area (Å²) in [5.74, 6) is 0.432. The van der Waals surface area contributed by atoms with Crippen LogP contribution in [0.15, 0.2) is 42.5 Å². The number of nitrogens with two attached hydrogens (primary N) is 1. The Morgan fingerprint density at radius 3 is 2.90 bits per heavy atom. The van der Waals surface area contributed by atoms with Gasteiger partial charge >= 0.3 is 5.97 Å². The number of nitrogen functional groups attached to an aromatic ring is 1. The molecule has 0 spiro atoms. The van der Waals surface area contributed by atoms with Crippen molar-refractivity contribution < 1.29 is 14.3 Å². The van der Waals surface area contributed by atoms with Crippen LogP contribution in [0.5, 0.6) is 5.75 Å². The van der Waals surface area contributed by atoms with E-state index in [0.717, 1.165) is 11.3 Å². The normalized spacial score (nSPS) is 16.0. The van der Waals surface area contributed by atoms with Gasteiger partial charge in [0, 0.05) is 5.56 Å². The number of ether oxygens (including phenoxy) is 2. The molecule has 0 amide bonds. The fourth-order valence-corrected chi connectivity index (χ4v) is 2.47. The maximum Gasteiger partial charge on any atom is 0.340 e. The number of anilines is 2. The van der Waals surface area contributed by atoms with Gasteiger partial charge in [0.1, 0.15) is 12.4 Å². The van der Waals surface area contributed by atoms with Gasteiger partial charge in [-0.3, -0.25) is 0 Å². The Bertz CT molecular complexity index is 685. The molecule has 2 aromatic carbocycles. The highest BCUT2D eigenvalue weighted by molar-refractivity contribution is 5.98. The van der Waals surface area contributed by atoms with Crippen LogP contribution in [0.4, 0.5) is 11.4 Å². The molecule has 5 nitrogen and oxygen atoms in total. The van der Waals surface area contributed by atoms with Crippen LogP contribution in [0.1, 0.15) is 22.0 Å². The molecule has 5 heteroatoms. The van der Waals surface area contributed by atoms with E-state index in [1.165, 1.54) is 7.11 Å². The van der Waals surface area contributed by atoms with Crippen molar-refractivity contribution in [1.29, 1.82) is 0 Å². The molecule has 21 heavy (non-hydrogen) atoms. The number of hydrogen-bond acceptors (Lipinski definition) is 5. The van der Waals surface area contributed by atoms with Crippen LogP contribution in [0.3, 0.4) is 0 Å². The highest BCUT2D eigenvalue weighted by Gasteiger charge is 2.25. The van der Waals surface area contributed by atoms with Crippen molar-refractivity contribution in [3.63, 3.8) is 0 Å². The standard InChI is InChI=1S/C16H16N2O3/c1-20-16(19)11-6-4-7-12(17)15(11)18-13-9-21-14-8-3-2-5-10(13)14/h2-8,13,18H,9,17H2,1H3. The Hall–Kier alpha value is -2.69. The molecule has 0 aromatic heterocycles. The zero-order valence-electron chi connectivity index (χ0n) is 11.6. The minimum atomic E-state index is -0.419. The zero-order valence-corrected chi connectivity index (χ0v) is 11.6. The molecule has 1 heterocycles. The smallest absolute Gasteiger partial charge is 0.340 e. The van der Waals surface area contributed by atoms with E-state index < -0.39 is 5.97 Å². The molecule has 0 bridgehead atoms. The van der Waals surface area contributed by atoms with Gasteiger partial charge in [0.15, 0.2) is 0 Å². The van der Waals surface area contributed by atoms with Gasteiger partial charge in [0.25, 0.3) is 0 Å².